The Bertz CT molecular complexity index is 564. The van der Waals surface area contributed by atoms with Crippen LogP contribution in [0.4, 0.5) is 0 Å². The third kappa shape index (κ3) is 4.00. The van der Waals surface area contributed by atoms with Crippen molar-refractivity contribution in [2.75, 3.05) is 6.61 Å². The van der Waals surface area contributed by atoms with Gasteiger partial charge >= 0.3 is 0 Å². The average Bonchev–Trinajstić information content (AvgIpc) is 2.48. The molecule has 23 heavy (non-hydrogen) atoms. The van der Waals surface area contributed by atoms with Gasteiger partial charge in [0.05, 0.1) is 6.61 Å². The minimum Gasteiger partial charge on any atom is -0.462 e. The van der Waals surface area contributed by atoms with E-state index < -0.39 is 37.3 Å². The van der Waals surface area contributed by atoms with E-state index >= 15 is 0 Å². The Morgan fingerprint density at radius 2 is 2.00 bits per heavy atom. The molecule has 1 heterocycles. The predicted molar refractivity (Wildman–Crippen MR) is 81.9 cm³/mol. The SMILES string of the molecule is CC(=O)N[C@@H]1[C@H](Oc2ccc(C)cc2C)O[C@H](CO)[C@@H](O)[C@H]1O. The molecule has 0 aromatic heterocycles. The van der Waals surface area contributed by atoms with Crippen LogP contribution in [0.1, 0.15) is 18.1 Å². The first-order valence-electron chi connectivity index (χ1n) is 7.47. The molecular formula is C16H23NO6. The Balaban J connectivity index is 2.25. The van der Waals surface area contributed by atoms with Crippen LogP contribution in [0.15, 0.2) is 18.2 Å². The number of aryl methyl sites for hydroxylation is 2. The molecule has 1 fully saturated rings. The Morgan fingerprint density at radius 1 is 1.30 bits per heavy atom. The first-order valence-corrected chi connectivity index (χ1v) is 7.47. The van der Waals surface area contributed by atoms with Crippen LogP contribution >= 0.6 is 0 Å². The van der Waals surface area contributed by atoms with Crippen molar-refractivity contribution in [1.82, 2.24) is 5.32 Å². The van der Waals surface area contributed by atoms with Crippen LogP contribution in [0, 0.1) is 13.8 Å². The Hall–Kier alpha value is -1.67. The summed E-state index contributed by atoms with van der Waals surface area (Å²) < 4.78 is 11.3. The third-order valence-corrected chi connectivity index (χ3v) is 3.82. The molecule has 0 saturated carbocycles. The molecule has 7 nitrogen and oxygen atoms in total. The number of benzene rings is 1. The lowest BCUT2D eigenvalue weighted by Crippen LogP contribution is -2.65. The van der Waals surface area contributed by atoms with E-state index in [1.54, 1.807) is 6.07 Å². The molecule has 128 valence electrons. The molecule has 5 atom stereocenters. The first-order chi connectivity index (χ1) is 10.8. The van der Waals surface area contributed by atoms with Crippen molar-refractivity contribution in [2.45, 2.75) is 51.4 Å². The number of ether oxygens (including phenoxy) is 2. The van der Waals surface area contributed by atoms with Crippen LogP contribution in [0.2, 0.25) is 0 Å². The number of amides is 1. The number of carbonyl (C=O) groups excluding carboxylic acids is 1. The van der Waals surface area contributed by atoms with E-state index in [1.807, 2.05) is 26.0 Å². The number of carbonyl (C=O) groups is 1. The fraction of sp³-hybridized carbons (Fsp3) is 0.562. The van der Waals surface area contributed by atoms with Gasteiger partial charge in [-0.05, 0) is 25.5 Å². The maximum absolute atomic E-state index is 11.4. The second-order valence-corrected chi connectivity index (χ2v) is 5.82. The highest BCUT2D eigenvalue weighted by molar-refractivity contribution is 5.73. The van der Waals surface area contributed by atoms with Crippen molar-refractivity contribution >= 4 is 5.91 Å². The van der Waals surface area contributed by atoms with E-state index in [0.717, 1.165) is 11.1 Å². The third-order valence-electron chi connectivity index (χ3n) is 3.82. The minimum absolute atomic E-state index is 0.387. The quantitative estimate of drug-likeness (QED) is 0.601. The van der Waals surface area contributed by atoms with Gasteiger partial charge in [0.2, 0.25) is 12.2 Å². The lowest BCUT2D eigenvalue weighted by molar-refractivity contribution is -0.244. The molecule has 0 radical (unpaired) electrons. The summed E-state index contributed by atoms with van der Waals surface area (Å²) in [5.41, 5.74) is 1.94. The number of nitrogens with one attached hydrogen (secondary N) is 1. The Morgan fingerprint density at radius 3 is 2.57 bits per heavy atom. The van der Waals surface area contributed by atoms with Crippen LogP contribution < -0.4 is 10.1 Å². The normalized spacial score (nSPS) is 30.8. The van der Waals surface area contributed by atoms with Gasteiger partial charge in [0, 0.05) is 6.92 Å². The summed E-state index contributed by atoms with van der Waals surface area (Å²) in [6.07, 6.45) is -4.67. The predicted octanol–water partition coefficient (Wildman–Crippen LogP) is -0.374. The van der Waals surface area contributed by atoms with Gasteiger partial charge in [0.25, 0.3) is 0 Å². The average molecular weight is 325 g/mol. The summed E-state index contributed by atoms with van der Waals surface area (Å²) in [5, 5.41) is 32.0. The second-order valence-electron chi connectivity index (χ2n) is 5.82. The molecule has 7 heteroatoms. The molecule has 0 aliphatic carbocycles. The van der Waals surface area contributed by atoms with Crippen molar-refractivity contribution in [1.29, 1.82) is 0 Å². The summed E-state index contributed by atoms with van der Waals surface area (Å²) in [5.74, 6) is 0.151. The van der Waals surface area contributed by atoms with E-state index in [-0.39, 0.29) is 5.91 Å². The highest BCUT2D eigenvalue weighted by atomic mass is 16.7. The summed E-state index contributed by atoms with van der Waals surface area (Å²) in [6, 6.07) is 4.61. The van der Waals surface area contributed by atoms with Gasteiger partial charge < -0.3 is 30.1 Å². The fourth-order valence-electron chi connectivity index (χ4n) is 2.63. The van der Waals surface area contributed by atoms with Crippen molar-refractivity contribution in [3.8, 4) is 5.75 Å². The van der Waals surface area contributed by atoms with E-state index in [2.05, 4.69) is 5.32 Å². The van der Waals surface area contributed by atoms with Crippen LogP contribution in [0.25, 0.3) is 0 Å². The zero-order valence-electron chi connectivity index (χ0n) is 13.4. The Kier molecular flexibility index (Phi) is 5.59. The van der Waals surface area contributed by atoms with Crippen LogP contribution in [-0.4, -0.2) is 58.5 Å². The van der Waals surface area contributed by atoms with Crippen LogP contribution in [0.3, 0.4) is 0 Å². The van der Waals surface area contributed by atoms with Gasteiger partial charge in [-0.15, -0.1) is 0 Å². The van der Waals surface area contributed by atoms with Gasteiger partial charge in [-0.2, -0.15) is 0 Å². The molecular weight excluding hydrogens is 302 g/mol. The van der Waals surface area contributed by atoms with Crippen molar-refractivity contribution in [2.24, 2.45) is 0 Å². The zero-order chi connectivity index (χ0) is 17.1. The topological polar surface area (TPSA) is 108 Å². The van der Waals surface area contributed by atoms with Gasteiger partial charge in [0.1, 0.15) is 30.1 Å². The van der Waals surface area contributed by atoms with Gasteiger partial charge in [-0.3, -0.25) is 4.79 Å². The summed E-state index contributed by atoms with van der Waals surface area (Å²) in [6.45, 7) is 4.65. The lowest BCUT2D eigenvalue weighted by Gasteiger charge is -2.42. The molecule has 1 aliphatic heterocycles. The van der Waals surface area contributed by atoms with E-state index in [1.165, 1.54) is 6.92 Å². The number of aliphatic hydroxyl groups excluding tert-OH is 3. The lowest BCUT2D eigenvalue weighted by atomic mass is 9.97. The molecule has 0 spiro atoms. The molecule has 0 bridgehead atoms. The molecule has 1 aliphatic rings. The van der Waals surface area contributed by atoms with Crippen molar-refractivity contribution in [3.05, 3.63) is 29.3 Å². The molecule has 0 unspecified atom stereocenters. The largest absolute Gasteiger partial charge is 0.462 e. The van der Waals surface area contributed by atoms with Crippen molar-refractivity contribution in [3.63, 3.8) is 0 Å². The molecule has 1 saturated heterocycles. The van der Waals surface area contributed by atoms with Gasteiger partial charge in [-0.1, -0.05) is 17.7 Å². The number of aliphatic hydroxyl groups is 3. The second kappa shape index (κ2) is 7.27. The number of hydrogen-bond acceptors (Lipinski definition) is 6. The monoisotopic (exact) mass is 325 g/mol. The molecule has 2 rings (SSSR count). The summed E-state index contributed by atoms with van der Waals surface area (Å²) >= 11 is 0. The molecule has 4 N–H and O–H groups in total. The smallest absolute Gasteiger partial charge is 0.223 e. The Labute approximate surface area is 134 Å². The molecule has 1 amide bonds. The van der Waals surface area contributed by atoms with Crippen LogP contribution in [-0.2, 0) is 9.53 Å². The molecule has 1 aromatic rings. The summed E-state index contributed by atoms with van der Waals surface area (Å²) in [4.78, 5) is 11.4. The summed E-state index contributed by atoms with van der Waals surface area (Å²) in [7, 11) is 0. The maximum Gasteiger partial charge on any atom is 0.223 e. The minimum atomic E-state index is -1.32. The highest BCUT2D eigenvalue weighted by Gasteiger charge is 2.46. The fourth-order valence-corrected chi connectivity index (χ4v) is 2.63. The standard InChI is InChI=1S/C16H23NO6/c1-8-4-5-11(9(2)6-8)22-16-13(17-10(3)19)15(21)14(20)12(7-18)23-16/h4-6,12-16,18,20-21H,7H2,1-3H3,(H,17,19)/t12-,13+,14-,15+,16-/m1/s1. The number of hydrogen-bond donors (Lipinski definition) is 4. The van der Waals surface area contributed by atoms with Gasteiger partial charge in [0.15, 0.2) is 0 Å². The van der Waals surface area contributed by atoms with E-state index in [4.69, 9.17) is 9.47 Å². The van der Waals surface area contributed by atoms with E-state index in [9.17, 15) is 20.1 Å². The van der Waals surface area contributed by atoms with Crippen LogP contribution in [0.5, 0.6) is 5.75 Å². The highest BCUT2D eigenvalue weighted by Crippen LogP contribution is 2.26. The first kappa shape index (κ1) is 17.7. The molecule has 1 aromatic carbocycles. The maximum atomic E-state index is 11.4. The number of rotatable bonds is 4. The van der Waals surface area contributed by atoms with Gasteiger partial charge in [-0.25, -0.2) is 0 Å². The van der Waals surface area contributed by atoms with E-state index in [0.29, 0.717) is 5.75 Å². The van der Waals surface area contributed by atoms with Crippen molar-refractivity contribution < 1.29 is 29.6 Å². The zero-order valence-corrected chi connectivity index (χ0v) is 13.4.